The number of nitrogens with zero attached hydrogens (tertiary/aromatic N) is 3. The fourth-order valence-corrected chi connectivity index (χ4v) is 3.73. The highest BCUT2D eigenvalue weighted by atomic mass is 79.9. The van der Waals surface area contributed by atoms with Crippen molar-refractivity contribution in [2.45, 2.75) is 6.92 Å². The first-order valence-electron chi connectivity index (χ1n) is 8.73. The van der Waals surface area contributed by atoms with Gasteiger partial charge < -0.3 is 0 Å². The number of para-hydroxylation sites is 1. The largest absolute Gasteiger partial charge is 0.259 e. The number of aryl methyl sites for hydroxylation is 1. The number of hydrogen-bond donors (Lipinski definition) is 1. The molecule has 4 rings (SSSR count). The molecule has 0 aliphatic heterocycles. The van der Waals surface area contributed by atoms with Crippen molar-refractivity contribution in [3.63, 3.8) is 0 Å². The highest BCUT2D eigenvalue weighted by Crippen LogP contribution is 2.23. The smallest absolute Gasteiger partial charge is 0.183 e. The van der Waals surface area contributed by atoms with Crippen molar-refractivity contribution in [3.8, 4) is 0 Å². The Balaban J connectivity index is 1.66. The highest BCUT2D eigenvalue weighted by Gasteiger charge is 2.10. The van der Waals surface area contributed by atoms with Gasteiger partial charge in [0.05, 0.1) is 22.1 Å². The quantitative estimate of drug-likeness (QED) is 0.234. The second-order valence-corrected chi connectivity index (χ2v) is 8.15. The zero-order chi connectivity index (χ0) is 19.3. The molecule has 0 amide bonds. The van der Waals surface area contributed by atoms with E-state index < -0.39 is 0 Å². The Labute approximate surface area is 175 Å². The van der Waals surface area contributed by atoms with E-state index in [1.165, 1.54) is 5.56 Å². The van der Waals surface area contributed by atoms with E-state index in [9.17, 15) is 0 Å². The number of thiazole rings is 1. The van der Waals surface area contributed by atoms with E-state index in [1.54, 1.807) is 17.6 Å². The normalized spacial score (nSPS) is 12.0. The second kappa shape index (κ2) is 8.46. The van der Waals surface area contributed by atoms with E-state index >= 15 is 0 Å². The minimum atomic E-state index is 0.624. The first kappa shape index (κ1) is 18.5. The summed E-state index contributed by atoms with van der Waals surface area (Å²) in [6.07, 6.45) is 1.77. The van der Waals surface area contributed by atoms with Crippen LogP contribution in [0.2, 0.25) is 0 Å². The number of rotatable bonds is 4. The number of fused-ring (bicyclic) bond motifs is 1. The van der Waals surface area contributed by atoms with Crippen LogP contribution in [-0.4, -0.2) is 17.0 Å². The van der Waals surface area contributed by atoms with Crippen LogP contribution >= 0.6 is 27.3 Å². The summed E-state index contributed by atoms with van der Waals surface area (Å²) in [6, 6.07) is 24.1. The molecule has 4 nitrogen and oxygen atoms in total. The van der Waals surface area contributed by atoms with Gasteiger partial charge in [0.25, 0.3) is 0 Å². The Morgan fingerprint density at radius 2 is 1.75 bits per heavy atom. The summed E-state index contributed by atoms with van der Waals surface area (Å²) in [4.78, 5) is 9.45. The van der Waals surface area contributed by atoms with Gasteiger partial charge in [-0.3, -0.25) is 5.43 Å². The number of benzene rings is 3. The lowest BCUT2D eigenvalue weighted by molar-refractivity contribution is 1.03. The third-order valence-electron chi connectivity index (χ3n) is 4.03. The first-order valence-corrected chi connectivity index (χ1v) is 10.3. The van der Waals surface area contributed by atoms with Crippen LogP contribution in [0.1, 0.15) is 16.1 Å². The first-order chi connectivity index (χ1) is 13.7. The standard InChI is InChI=1S/C22H17BrN4S/c1-15-6-12-18(13-7-15)25-21(22-26-19-4-2-3-5-20(19)28-22)27-24-14-16-8-10-17(23)11-9-16/h2-14H,1H3,(H,25,27). The maximum absolute atomic E-state index is 4.74. The number of hydrazone groups is 1. The second-order valence-electron chi connectivity index (χ2n) is 6.20. The molecule has 1 heterocycles. The molecule has 1 aromatic heterocycles. The number of hydrogen-bond acceptors (Lipinski definition) is 4. The van der Waals surface area contributed by atoms with Gasteiger partial charge in [-0.15, -0.1) is 11.3 Å². The topological polar surface area (TPSA) is 49.6 Å². The van der Waals surface area contributed by atoms with Crippen LogP contribution in [0.4, 0.5) is 5.69 Å². The minimum absolute atomic E-state index is 0.624. The zero-order valence-electron chi connectivity index (χ0n) is 15.1. The van der Waals surface area contributed by atoms with Gasteiger partial charge in [0.2, 0.25) is 0 Å². The predicted octanol–water partition coefficient (Wildman–Crippen LogP) is 6.07. The molecule has 1 N–H and O–H groups in total. The summed E-state index contributed by atoms with van der Waals surface area (Å²) >= 11 is 5.03. The van der Waals surface area contributed by atoms with Crippen molar-refractivity contribution in [3.05, 3.63) is 93.4 Å². The molecule has 0 saturated heterocycles. The summed E-state index contributed by atoms with van der Waals surface area (Å²) in [5.41, 5.74) is 7.08. The predicted molar refractivity (Wildman–Crippen MR) is 122 cm³/mol. The molecule has 4 aromatic rings. The maximum atomic E-state index is 4.74. The van der Waals surface area contributed by atoms with Crippen molar-refractivity contribution in [1.82, 2.24) is 10.4 Å². The molecule has 138 valence electrons. The van der Waals surface area contributed by atoms with E-state index in [0.717, 1.165) is 30.9 Å². The molecule has 0 saturated carbocycles. The highest BCUT2D eigenvalue weighted by molar-refractivity contribution is 9.10. The fourth-order valence-electron chi connectivity index (χ4n) is 2.56. The molecule has 0 spiro atoms. The van der Waals surface area contributed by atoms with Gasteiger partial charge in [-0.05, 0) is 48.9 Å². The molecule has 0 fully saturated rings. The van der Waals surface area contributed by atoms with Gasteiger partial charge in [-0.1, -0.05) is 57.9 Å². The van der Waals surface area contributed by atoms with E-state index in [0.29, 0.717) is 5.84 Å². The number of amidine groups is 1. The van der Waals surface area contributed by atoms with Crippen molar-refractivity contribution in [2.24, 2.45) is 10.1 Å². The van der Waals surface area contributed by atoms with Gasteiger partial charge in [-0.2, -0.15) is 5.10 Å². The molecule has 0 atom stereocenters. The average molecular weight is 449 g/mol. The minimum Gasteiger partial charge on any atom is -0.259 e. The molecule has 0 aliphatic carbocycles. The lowest BCUT2D eigenvalue weighted by Crippen LogP contribution is -2.18. The number of aliphatic imine (C=N–C) groups is 1. The average Bonchev–Trinajstić information content (AvgIpc) is 3.14. The van der Waals surface area contributed by atoms with Crippen molar-refractivity contribution >= 4 is 55.2 Å². The van der Waals surface area contributed by atoms with Crippen molar-refractivity contribution in [1.29, 1.82) is 0 Å². The van der Waals surface area contributed by atoms with Crippen LogP contribution in [0.5, 0.6) is 0 Å². The van der Waals surface area contributed by atoms with Gasteiger partial charge in [-0.25, -0.2) is 9.98 Å². The Bertz CT molecular complexity index is 1110. The Kier molecular flexibility index (Phi) is 5.60. The van der Waals surface area contributed by atoms with Crippen LogP contribution in [0.25, 0.3) is 10.2 Å². The Morgan fingerprint density at radius 1 is 1.00 bits per heavy atom. The number of halogens is 1. The number of aromatic nitrogens is 1. The molecule has 0 unspecified atom stereocenters. The summed E-state index contributed by atoms with van der Waals surface area (Å²) in [7, 11) is 0. The summed E-state index contributed by atoms with van der Waals surface area (Å²) in [5.74, 6) is 0.624. The molecule has 28 heavy (non-hydrogen) atoms. The van der Waals surface area contributed by atoms with Crippen LogP contribution in [0.3, 0.4) is 0 Å². The lowest BCUT2D eigenvalue weighted by Gasteiger charge is -2.03. The van der Waals surface area contributed by atoms with Crippen LogP contribution in [-0.2, 0) is 0 Å². The monoisotopic (exact) mass is 448 g/mol. The fraction of sp³-hybridized carbons (Fsp3) is 0.0455. The van der Waals surface area contributed by atoms with Gasteiger partial charge >= 0.3 is 0 Å². The van der Waals surface area contributed by atoms with E-state index in [1.807, 2.05) is 66.7 Å². The molecular weight excluding hydrogens is 432 g/mol. The Morgan fingerprint density at radius 3 is 2.50 bits per heavy atom. The van der Waals surface area contributed by atoms with Gasteiger partial charge in [0, 0.05) is 4.47 Å². The van der Waals surface area contributed by atoms with Crippen molar-refractivity contribution < 1.29 is 0 Å². The molecule has 6 heteroatoms. The van der Waals surface area contributed by atoms with Crippen molar-refractivity contribution in [2.75, 3.05) is 0 Å². The number of nitrogens with one attached hydrogen (secondary N) is 1. The molecular formula is C22H17BrN4S. The van der Waals surface area contributed by atoms with E-state index in [2.05, 4.69) is 39.4 Å². The molecule has 0 aliphatic rings. The molecule has 0 bridgehead atoms. The molecule has 3 aromatic carbocycles. The van der Waals surface area contributed by atoms with Gasteiger partial charge in [0.15, 0.2) is 10.8 Å². The summed E-state index contributed by atoms with van der Waals surface area (Å²) in [5, 5.41) is 5.18. The SMILES string of the molecule is Cc1ccc(N=C(NN=Cc2ccc(Br)cc2)c2nc3ccccc3s2)cc1. The van der Waals surface area contributed by atoms with Crippen LogP contribution in [0.15, 0.2) is 87.4 Å². The summed E-state index contributed by atoms with van der Waals surface area (Å²) < 4.78 is 2.15. The lowest BCUT2D eigenvalue weighted by atomic mass is 10.2. The van der Waals surface area contributed by atoms with Crippen LogP contribution < -0.4 is 5.43 Å². The summed E-state index contributed by atoms with van der Waals surface area (Å²) in [6.45, 7) is 2.06. The maximum Gasteiger partial charge on any atom is 0.183 e. The zero-order valence-corrected chi connectivity index (χ0v) is 17.5. The Hall–Kier alpha value is -2.83. The third-order valence-corrected chi connectivity index (χ3v) is 5.60. The third kappa shape index (κ3) is 4.52. The van der Waals surface area contributed by atoms with E-state index in [4.69, 9.17) is 9.98 Å². The van der Waals surface area contributed by atoms with Gasteiger partial charge in [0.1, 0.15) is 0 Å². The molecule has 0 radical (unpaired) electrons. The van der Waals surface area contributed by atoms with Crippen LogP contribution in [0, 0.1) is 6.92 Å². The van der Waals surface area contributed by atoms with E-state index in [-0.39, 0.29) is 0 Å².